The van der Waals surface area contributed by atoms with Crippen molar-refractivity contribution in [1.29, 1.82) is 0 Å². The molecule has 94 valence electrons. The van der Waals surface area contributed by atoms with Gasteiger partial charge in [-0.15, -0.1) is 11.3 Å². The number of nitrogens with one attached hydrogen (secondary N) is 1. The molecule has 18 heavy (non-hydrogen) atoms. The average Bonchev–Trinajstić information content (AvgIpc) is 2.92. The molecule has 0 amide bonds. The van der Waals surface area contributed by atoms with Gasteiger partial charge in [-0.25, -0.2) is 0 Å². The lowest BCUT2D eigenvalue weighted by Crippen LogP contribution is -2.35. The topological polar surface area (TPSA) is 12.0 Å². The van der Waals surface area contributed by atoms with Crippen LogP contribution in [0.2, 0.25) is 0 Å². The molecule has 1 N–H and O–H groups in total. The summed E-state index contributed by atoms with van der Waals surface area (Å²) in [5.41, 5.74) is 3.09. The maximum atomic E-state index is 3.71. The minimum absolute atomic E-state index is 0.667. The van der Waals surface area contributed by atoms with Crippen molar-refractivity contribution >= 4 is 11.3 Å². The Hall–Kier alpha value is -1.12. The largest absolute Gasteiger partial charge is 0.313 e. The molecule has 0 unspecified atom stereocenters. The number of hydrogen-bond acceptors (Lipinski definition) is 2. The molecule has 2 heteroatoms. The zero-order valence-corrected chi connectivity index (χ0v) is 11.4. The van der Waals surface area contributed by atoms with Crippen molar-refractivity contribution in [2.24, 2.45) is 0 Å². The van der Waals surface area contributed by atoms with E-state index in [0.29, 0.717) is 6.04 Å². The van der Waals surface area contributed by atoms with Crippen molar-refractivity contribution in [2.45, 2.75) is 31.7 Å². The molecule has 0 radical (unpaired) electrons. The standard InChI is InChI=1S/C16H19NS/c1-2-5-14-12-15(8-7-13(14)4-1)17-10-9-16-6-3-11-18-16/h1-6,11,15,17H,7-10,12H2/t15-/m0/s1. The average molecular weight is 257 g/mol. The SMILES string of the molecule is c1csc(CCN[C@H]2CCc3ccccc3C2)c1. The van der Waals surface area contributed by atoms with Crippen molar-refractivity contribution in [3.05, 3.63) is 57.8 Å². The lowest BCUT2D eigenvalue weighted by atomic mass is 9.88. The van der Waals surface area contributed by atoms with Crippen LogP contribution >= 0.6 is 11.3 Å². The summed E-state index contributed by atoms with van der Waals surface area (Å²) in [5, 5.41) is 5.87. The number of thiophene rings is 1. The Morgan fingerprint density at radius 1 is 1.11 bits per heavy atom. The fourth-order valence-electron chi connectivity index (χ4n) is 2.73. The van der Waals surface area contributed by atoms with Gasteiger partial charge in [-0.05, 0) is 48.3 Å². The Kier molecular flexibility index (Phi) is 3.77. The van der Waals surface area contributed by atoms with Crippen LogP contribution in [0.5, 0.6) is 0 Å². The van der Waals surface area contributed by atoms with E-state index < -0.39 is 0 Å². The lowest BCUT2D eigenvalue weighted by molar-refractivity contribution is 0.462. The van der Waals surface area contributed by atoms with Gasteiger partial charge in [0.25, 0.3) is 0 Å². The smallest absolute Gasteiger partial charge is 0.0111 e. The van der Waals surface area contributed by atoms with Crippen LogP contribution in [0.4, 0.5) is 0 Å². The number of fused-ring (bicyclic) bond motifs is 1. The van der Waals surface area contributed by atoms with Crippen LogP contribution in [0, 0.1) is 0 Å². The van der Waals surface area contributed by atoms with E-state index in [0.717, 1.165) is 13.0 Å². The first kappa shape index (κ1) is 11.9. The third-order valence-corrected chi connectivity index (χ3v) is 4.67. The fraction of sp³-hybridized carbons (Fsp3) is 0.375. The molecule has 1 atom stereocenters. The summed E-state index contributed by atoms with van der Waals surface area (Å²) in [7, 11) is 0. The van der Waals surface area contributed by atoms with Crippen LogP contribution in [0.25, 0.3) is 0 Å². The number of aryl methyl sites for hydroxylation is 1. The Labute approximate surface area is 113 Å². The second-order valence-corrected chi connectivity index (χ2v) is 6.02. The summed E-state index contributed by atoms with van der Waals surface area (Å²) in [5.74, 6) is 0. The van der Waals surface area contributed by atoms with Gasteiger partial charge in [0.15, 0.2) is 0 Å². The molecular formula is C16H19NS. The number of rotatable bonds is 4. The van der Waals surface area contributed by atoms with Crippen molar-refractivity contribution < 1.29 is 0 Å². The summed E-state index contributed by atoms with van der Waals surface area (Å²) < 4.78 is 0. The summed E-state index contributed by atoms with van der Waals surface area (Å²) in [6.07, 6.45) is 4.87. The molecule has 2 aromatic rings. The minimum Gasteiger partial charge on any atom is -0.313 e. The monoisotopic (exact) mass is 257 g/mol. The number of hydrogen-bond donors (Lipinski definition) is 1. The van der Waals surface area contributed by atoms with Crippen molar-refractivity contribution in [3.63, 3.8) is 0 Å². The van der Waals surface area contributed by atoms with E-state index in [9.17, 15) is 0 Å². The molecule has 1 aromatic carbocycles. The molecule has 1 aromatic heterocycles. The number of benzene rings is 1. The summed E-state index contributed by atoms with van der Waals surface area (Å²) in [6, 6.07) is 13.9. The Balaban J connectivity index is 1.51. The van der Waals surface area contributed by atoms with Crippen LogP contribution in [-0.2, 0) is 19.3 Å². The zero-order valence-electron chi connectivity index (χ0n) is 10.6. The van der Waals surface area contributed by atoms with Crippen LogP contribution < -0.4 is 5.32 Å². The van der Waals surface area contributed by atoms with E-state index >= 15 is 0 Å². The van der Waals surface area contributed by atoms with Crippen LogP contribution in [0.1, 0.15) is 22.4 Å². The quantitative estimate of drug-likeness (QED) is 0.885. The second-order valence-electron chi connectivity index (χ2n) is 4.99. The van der Waals surface area contributed by atoms with Gasteiger partial charge in [-0.1, -0.05) is 30.3 Å². The predicted molar refractivity (Wildman–Crippen MR) is 78.3 cm³/mol. The van der Waals surface area contributed by atoms with Gasteiger partial charge < -0.3 is 5.32 Å². The minimum atomic E-state index is 0.667. The maximum absolute atomic E-state index is 3.71. The lowest BCUT2D eigenvalue weighted by Gasteiger charge is -2.25. The van der Waals surface area contributed by atoms with Gasteiger partial charge in [0.05, 0.1) is 0 Å². The highest BCUT2D eigenvalue weighted by molar-refractivity contribution is 7.09. The van der Waals surface area contributed by atoms with Gasteiger partial charge in [0, 0.05) is 17.5 Å². The molecule has 0 saturated heterocycles. The van der Waals surface area contributed by atoms with Crippen LogP contribution in [-0.4, -0.2) is 12.6 Å². The molecule has 1 nitrogen and oxygen atoms in total. The third-order valence-electron chi connectivity index (χ3n) is 3.73. The fourth-order valence-corrected chi connectivity index (χ4v) is 3.44. The Morgan fingerprint density at radius 2 is 2.00 bits per heavy atom. The van der Waals surface area contributed by atoms with E-state index in [-0.39, 0.29) is 0 Å². The van der Waals surface area contributed by atoms with Crippen LogP contribution in [0.3, 0.4) is 0 Å². The Morgan fingerprint density at radius 3 is 2.83 bits per heavy atom. The molecule has 1 aliphatic carbocycles. The normalized spacial score (nSPS) is 18.6. The van der Waals surface area contributed by atoms with E-state index in [2.05, 4.69) is 47.1 Å². The van der Waals surface area contributed by atoms with E-state index in [1.54, 1.807) is 5.56 Å². The summed E-state index contributed by atoms with van der Waals surface area (Å²) in [6.45, 7) is 1.10. The van der Waals surface area contributed by atoms with Crippen molar-refractivity contribution in [3.8, 4) is 0 Å². The first-order valence-corrected chi connectivity index (χ1v) is 7.62. The van der Waals surface area contributed by atoms with E-state index in [1.807, 2.05) is 11.3 Å². The van der Waals surface area contributed by atoms with Gasteiger partial charge in [-0.3, -0.25) is 0 Å². The van der Waals surface area contributed by atoms with Crippen LogP contribution in [0.15, 0.2) is 41.8 Å². The summed E-state index contributed by atoms with van der Waals surface area (Å²) >= 11 is 1.86. The molecule has 0 bridgehead atoms. The molecule has 3 rings (SSSR count). The van der Waals surface area contributed by atoms with Gasteiger partial charge >= 0.3 is 0 Å². The van der Waals surface area contributed by atoms with Gasteiger partial charge in [0.1, 0.15) is 0 Å². The highest BCUT2D eigenvalue weighted by atomic mass is 32.1. The molecule has 0 fully saturated rings. The van der Waals surface area contributed by atoms with Gasteiger partial charge in [-0.2, -0.15) is 0 Å². The van der Waals surface area contributed by atoms with E-state index in [4.69, 9.17) is 0 Å². The molecular weight excluding hydrogens is 238 g/mol. The predicted octanol–water partition coefficient (Wildman–Crippen LogP) is 3.44. The highest BCUT2D eigenvalue weighted by Gasteiger charge is 2.17. The first-order valence-electron chi connectivity index (χ1n) is 6.74. The van der Waals surface area contributed by atoms with Crippen molar-refractivity contribution in [2.75, 3.05) is 6.54 Å². The summed E-state index contributed by atoms with van der Waals surface area (Å²) in [4.78, 5) is 1.48. The molecule has 0 aliphatic heterocycles. The Bertz CT molecular complexity index is 490. The molecule has 1 heterocycles. The second kappa shape index (κ2) is 5.68. The molecule has 0 spiro atoms. The maximum Gasteiger partial charge on any atom is 0.0111 e. The molecule has 1 aliphatic rings. The molecule has 0 saturated carbocycles. The van der Waals surface area contributed by atoms with Crippen molar-refractivity contribution in [1.82, 2.24) is 5.32 Å². The third kappa shape index (κ3) is 2.82. The van der Waals surface area contributed by atoms with Gasteiger partial charge in [0.2, 0.25) is 0 Å². The van der Waals surface area contributed by atoms with E-state index in [1.165, 1.54) is 29.7 Å². The first-order chi connectivity index (χ1) is 8.92. The highest BCUT2D eigenvalue weighted by Crippen LogP contribution is 2.21. The zero-order chi connectivity index (χ0) is 12.2.